The lowest BCUT2D eigenvalue weighted by Gasteiger charge is -1.94. The van der Waals surface area contributed by atoms with Crippen molar-refractivity contribution in [1.29, 1.82) is 0 Å². The third kappa shape index (κ3) is 9.69. The Kier molecular flexibility index (Phi) is 11.3. The van der Waals surface area contributed by atoms with Crippen LogP contribution in [0.2, 0.25) is 5.02 Å². The fourth-order valence-corrected chi connectivity index (χ4v) is 3.95. The van der Waals surface area contributed by atoms with Gasteiger partial charge in [0.05, 0.1) is 0 Å². The van der Waals surface area contributed by atoms with Gasteiger partial charge in [0.25, 0.3) is 0 Å². The maximum Gasteiger partial charge on any atom is 0.204 e. The van der Waals surface area contributed by atoms with E-state index in [-0.39, 0.29) is 5.82 Å². The highest BCUT2D eigenvalue weighted by molar-refractivity contribution is 6.30. The van der Waals surface area contributed by atoms with Crippen LogP contribution in [-0.4, -0.2) is 82.5 Å². The highest BCUT2D eigenvalue weighted by Crippen LogP contribution is 2.17. The number of aromatic nitrogens is 16. The normalized spacial score (nSPS) is 10.1. The number of benzene rings is 4. The second kappa shape index (κ2) is 16.6. The number of halogens is 2. The van der Waals surface area contributed by atoms with Gasteiger partial charge in [-0.1, -0.05) is 65.2 Å². The molecule has 0 atom stereocenters. The van der Waals surface area contributed by atoms with E-state index < -0.39 is 0 Å². The molecule has 0 aliphatic heterocycles. The molecule has 240 valence electrons. The third-order valence-corrected chi connectivity index (χ3v) is 6.42. The minimum absolute atomic E-state index is 0.276. The number of hydrogen-bond acceptors (Lipinski definition) is 12. The van der Waals surface area contributed by atoms with Gasteiger partial charge in [0.15, 0.2) is 0 Å². The minimum Gasteiger partial charge on any atom is -0.207 e. The molecule has 0 aliphatic rings. The Morgan fingerprint density at radius 3 is 1.25 bits per heavy atom. The second-order valence-corrected chi connectivity index (χ2v) is 10.1. The van der Waals surface area contributed by atoms with E-state index in [4.69, 9.17) is 11.6 Å². The third-order valence-electron chi connectivity index (χ3n) is 6.17. The average Bonchev–Trinajstić information content (AvgIpc) is 3.95. The van der Waals surface area contributed by atoms with Crippen LogP contribution in [0.25, 0.3) is 45.6 Å². The maximum absolute atomic E-state index is 12.5. The maximum atomic E-state index is 12.5. The lowest BCUT2D eigenvalue weighted by atomic mass is 10.1. The van der Waals surface area contributed by atoms with Crippen LogP contribution < -0.4 is 0 Å². The molecule has 0 saturated carbocycles. The van der Waals surface area contributed by atoms with Gasteiger partial charge in [-0.05, 0) is 89.3 Å². The van der Waals surface area contributed by atoms with Crippen molar-refractivity contribution in [3.63, 3.8) is 0 Å². The van der Waals surface area contributed by atoms with Crippen molar-refractivity contribution in [3.8, 4) is 45.6 Å². The van der Waals surface area contributed by atoms with E-state index in [0.29, 0.717) is 28.3 Å². The van der Waals surface area contributed by atoms with Crippen molar-refractivity contribution in [2.24, 2.45) is 0 Å². The van der Waals surface area contributed by atoms with Gasteiger partial charge < -0.3 is 0 Å². The van der Waals surface area contributed by atoms with E-state index in [1.165, 1.54) is 23.3 Å². The smallest absolute Gasteiger partial charge is 0.204 e. The molecule has 0 radical (unpaired) electrons. The SMILES string of the molecule is Cc1ccc(-c2nn[nH]n2)cc1.Cc1cccc(-c2nn[nH]n2)c1.Clc1ccc(-c2nn[nH]n2)cc1.Fc1ccc(-c2nn[nH]n2)cc1. The summed E-state index contributed by atoms with van der Waals surface area (Å²) in [4.78, 5) is 0. The van der Waals surface area contributed by atoms with Gasteiger partial charge in [0.2, 0.25) is 23.3 Å². The highest BCUT2D eigenvalue weighted by Gasteiger charge is 2.03. The molecule has 18 heteroatoms. The molecule has 4 aromatic carbocycles. The summed E-state index contributed by atoms with van der Waals surface area (Å²) >= 11 is 5.71. The lowest BCUT2D eigenvalue weighted by molar-refractivity contribution is 0.628. The molecule has 0 aliphatic carbocycles. The Labute approximate surface area is 276 Å². The molecule has 4 heterocycles. The first kappa shape index (κ1) is 32.8. The van der Waals surface area contributed by atoms with E-state index in [0.717, 1.165) is 22.3 Å². The van der Waals surface area contributed by atoms with Crippen LogP contribution in [0.1, 0.15) is 11.1 Å². The van der Waals surface area contributed by atoms with E-state index in [1.54, 1.807) is 24.3 Å². The molecule has 16 nitrogen and oxygen atoms in total. The zero-order valence-electron chi connectivity index (χ0n) is 25.4. The average molecular weight is 665 g/mol. The van der Waals surface area contributed by atoms with E-state index in [2.05, 4.69) is 82.5 Å². The van der Waals surface area contributed by atoms with E-state index >= 15 is 0 Å². The summed E-state index contributed by atoms with van der Waals surface area (Å²) in [6.45, 7) is 4.07. The summed E-state index contributed by atoms with van der Waals surface area (Å²) < 4.78 is 12.5. The zero-order chi connectivity index (χ0) is 33.6. The molecule has 0 spiro atoms. The van der Waals surface area contributed by atoms with Crippen molar-refractivity contribution in [2.45, 2.75) is 13.8 Å². The Hall–Kier alpha value is -6.62. The molecule has 0 unspecified atom stereocenters. The fourth-order valence-electron chi connectivity index (χ4n) is 3.82. The summed E-state index contributed by atoms with van der Waals surface area (Å²) in [5, 5.41) is 54.7. The largest absolute Gasteiger partial charge is 0.207 e. The highest BCUT2D eigenvalue weighted by atomic mass is 35.5. The Bertz CT molecular complexity index is 1850. The number of nitrogens with one attached hydrogen (secondary N) is 4. The second-order valence-electron chi connectivity index (χ2n) is 9.69. The van der Waals surface area contributed by atoms with Gasteiger partial charge in [0.1, 0.15) is 5.82 Å². The molecule has 8 aromatic rings. The van der Waals surface area contributed by atoms with Crippen molar-refractivity contribution in [1.82, 2.24) is 82.5 Å². The van der Waals surface area contributed by atoms with E-state index in [9.17, 15) is 4.39 Å². The topological polar surface area (TPSA) is 218 Å². The number of tetrazole rings is 4. The molecule has 0 fully saturated rings. The van der Waals surface area contributed by atoms with Crippen LogP contribution in [0.5, 0.6) is 0 Å². The number of nitrogens with zero attached hydrogens (tertiary/aromatic N) is 12. The van der Waals surface area contributed by atoms with Crippen LogP contribution in [-0.2, 0) is 0 Å². The summed E-state index contributed by atoms with van der Waals surface area (Å²) in [6, 6.07) is 29.1. The molecule has 0 amide bonds. The zero-order valence-corrected chi connectivity index (χ0v) is 26.1. The Morgan fingerprint density at radius 2 is 0.854 bits per heavy atom. The van der Waals surface area contributed by atoms with Crippen LogP contribution in [0.15, 0.2) is 97.1 Å². The molecular formula is C30H26ClFN16. The van der Waals surface area contributed by atoms with Gasteiger partial charge in [-0.15, -0.1) is 40.8 Å². The number of H-pyrrole nitrogens is 4. The number of rotatable bonds is 4. The summed E-state index contributed by atoms with van der Waals surface area (Å²) in [5.74, 6) is 2.04. The quantitative estimate of drug-likeness (QED) is 0.198. The van der Waals surface area contributed by atoms with Gasteiger partial charge in [-0.25, -0.2) is 4.39 Å². The predicted octanol–water partition coefficient (Wildman–Crippen LogP) is 4.88. The predicted molar refractivity (Wildman–Crippen MR) is 173 cm³/mol. The van der Waals surface area contributed by atoms with Gasteiger partial charge in [-0.2, -0.15) is 20.9 Å². The number of aryl methyl sites for hydroxylation is 2. The first-order valence-electron chi connectivity index (χ1n) is 14.0. The molecule has 4 aromatic heterocycles. The van der Waals surface area contributed by atoms with Crippen molar-refractivity contribution in [2.75, 3.05) is 0 Å². The fraction of sp³-hybridized carbons (Fsp3) is 0.0667. The van der Waals surface area contributed by atoms with Gasteiger partial charge >= 0.3 is 0 Å². The van der Waals surface area contributed by atoms with Crippen LogP contribution in [0, 0.1) is 19.7 Å². The summed E-state index contributed by atoms with van der Waals surface area (Å²) in [5.41, 5.74) is 6.02. The number of hydrogen-bond donors (Lipinski definition) is 4. The first-order valence-corrected chi connectivity index (χ1v) is 14.4. The van der Waals surface area contributed by atoms with Crippen molar-refractivity contribution < 1.29 is 4.39 Å². The monoisotopic (exact) mass is 664 g/mol. The molecule has 8 rings (SSSR count). The van der Waals surface area contributed by atoms with Gasteiger partial charge in [0, 0.05) is 27.3 Å². The van der Waals surface area contributed by atoms with Crippen molar-refractivity contribution in [3.05, 3.63) is 119 Å². The summed E-state index contributed by atoms with van der Waals surface area (Å²) in [6.07, 6.45) is 0. The standard InChI is InChI=1S/2C8H8N4.C7H5ClN4.C7H5FN4/c1-6-2-4-7(5-3-6)8-9-11-12-10-8;1-6-3-2-4-7(5-6)8-9-11-12-10-8;2*8-6-3-1-5(2-4-6)7-9-11-12-10-7/h2*2-5H,1H3,(H,9,10,11,12);2*1-4H,(H,9,10,11,12). The van der Waals surface area contributed by atoms with E-state index in [1.807, 2.05) is 74.5 Å². The molecule has 0 saturated heterocycles. The van der Waals surface area contributed by atoms with Crippen molar-refractivity contribution >= 4 is 11.6 Å². The lowest BCUT2D eigenvalue weighted by Crippen LogP contribution is -1.81. The van der Waals surface area contributed by atoms with Crippen LogP contribution in [0.4, 0.5) is 4.39 Å². The minimum atomic E-state index is -0.276. The molecule has 0 bridgehead atoms. The Balaban J connectivity index is 0.000000125. The Morgan fingerprint density at radius 1 is 0.458 bits per heavy atom. The molecule has 48 heavy (non-hydrogen) atoms. The molecule has 4 N–H and O–H groups in total. The van der Waals surface area contributed by atoms with Crippen LogP contribution >= 0.6 is 11.6 Å². The first-order chi connectivity index (χ1) is 23.4. The number of aromatic amines is 4. The van der Waals surface area contributed by atoms with Crippen LogP contribution in [0.3, 0.4) is 0 Å². The summed E-state index contributed by atoms with van der Waals surface area (Å²) in [7, 11) is 0. The molecular weight excluding hydrogens is 639 g/mol. The van der Waals surface area contributed by atoms with Gasteiger partial charge in [-0.3, -0.25) is 0 Å².